The number of hydrogen-bond donors (Lipinski definition) is 1. The molecule has 0 aliphatic heterocycles. The van der Waals surface area contributed by atoms with E-state index in [2.05, 4.69) is 38.4 Å². The summed E-state index contributed by atoms with van der Waals surface area (Å²) >= 11 is 3.43. The van der Waals surface area contributed by atoms with Gasteiger partial charge in [-0.1, -0.05) is 30.3 Å². The highest BCUT2D eigenvalue weighted by Gasteiger charge is 2.11. The lowest BCUT2D eigenvalue weighted by molar-refractivity contribution is 0.214. The molecule has 19 heavy (non-hydrogen) atoms. The van der Waals surface area contributed by atoms with Crippen molar-refractivity contribution in [3.8, 4) is 5.88 Å². The number of halogens is 1. The van der Waals surface area contributed by atoms with Gasteiger partial charge in [-0.3, -0.25) is 0 Å². The predicted molar refractivity (Wildman–Crippen MR) is 80.2 cm³/mol. The van der Waals surface area contributed by atoms with Gasteiger partial charge in [0.15, 0.2) is 0 Å². The molecule has 1 aromatic heterocycles. The largest absolute Gasteiger partial charge is 0.470 e. The van der Waals surface area contributed by atoms with Crippen LogP contribution in [0.5, 0.6) is 5.88 Å². The van der Waals surface area contributed by atoms with Crippen molar-refractivity contribution in [3.05, 3.63) is 58.2 Å². The predicted octanol–water partition coefficient (Wildman–Crippen LogP) is 3.70. The van der Waals surface area contributed by atoms with E-state index in [1.54, 1.807) is 6.20 Å². The molecule has 0 aliphatic carbocycles. The zero-order chi connectivity index (χ0) is 13.7. The Labute approximate surface area is 122 Å². The van der Waals surface area contributed by atoms with Gasteiger partial charge in [0.1, 0.15) is 6.10 Å². The maximum absolute atomic E-state index is 5.97. The number of aromatic nitrogens is 1. The molecule has 1 heterocycles. The lowest BCUT2D eigenvalue weighted by Gasteiger charge is -2.17. The van der Waals surface area contributed by atoms with E-state index in [9.17, 15) is 0 Å². The first-order valence-corrected chi connectivity index (χ1v) is 7.00. The van der Waals surface area contributed by atoms with E-state index in [4.69, 9.17) is 4.74 Å². The Kier molecular flexibility index (Phi) is 4.93. The maximum Gasteiger partial charge on any atom is 0.218 e. The number of ether oxygens (including phenoxy) is 1. The SMILES string of the molecule is CNCc1cc(Br)cnc1OC(C)c1ccccc1. The average Bonchev–Trinajstić information content (AvgIpc) is 2.43. The second-order valence-electron chi connectivity index (χ2n) is 4.32. The molecule has 1 unspecified atom stereocenters. The first-order chi connectivity index (χ1) is 9.20. The summed E-state index contributed by atoms with van der Waals surface area (Å²) in [7, 11) is 1.91. The van der Waals surface area contributed by atoms with E-state index in [0.717, 1.165) is 22.1 Å². The molecule has 0 bridgehead atoms. The Hall–Kier alpha value is -1.39. The first kappa shape index (κ1) is 14.0. The van der Waals surface area contributed by atoms with Gasteiger partial charge in [-0.05, 0) is 41.5 Å². The van der Waals surface area contributed by atoms with Crippen LogP contribution >= 0.6 is 15.9 Å². The number of hydrogen-bond acceptors (Lipinski definition) is 3. The van der Waals surface area contributed by atoms with Crippen LogP contribution in [0.25, 0.3) is 0 Å². The molecule has 0 aliphatic rings. The molecular weight excluding hydrogens is 304 g/mol. The van der Waals surface area contributed by atoms with Gasteiger partial charge in [-0.15, -0.1) is 0 Å². The van der Waals surface area contributed by atoms with Crippen molar-refractivity contribution in [2.45, 2.75) is 19.6 Å². The summed E-state index contributed by atoms with van der Waals surface area (Å²) in [5.41, 5.74) is 2.18. The van der Waals surface area contributed by atoms with Crippen LogP contribution in [0.4, 0.5) is 0 Å². The monoisotopic (exact) mass is 320 g/mol. The van der Waals surface area contributed by atoms with E-state index in [1.807, 2.05) is 38.2 Å². The molecular formula is C15H17BrN2O. The van der Waals surface area contributed by atoms with Crippen molar-refractivity contribution < 1.29 is 4.74 Å². The molecule has 1 atom stereocenters. The zero-order valence-electron chi connectivity index (χ0n) is 11.1. The topological polar surface area (TPSA) is 34.2 Å². The molecule has 0 fully saturated rings. The lowest BCUT2D eigenvalue weighted by Crippen LogP contribution is -2.11. The fraction of sp³-hybridized carbons (Fsp3) is 0.267. The normalized spacial score (nSPS) is 12.2. The second kappa shape index (κ2) is 6.68. The molecule has 4 heteroatoms. The van der Waals surface area contributed by atoms with Gasteiger partial charge in [-0.2, -0.15) is 0 Å². The molecule has 0 saturated heterocycles. The van der Waals surface area contributed by atoms with Gasteiger partial charge in [0.25, 0.3) is 0 Å². The van der Waals surface area contributed by atoms with Gasteiger partial charge in [-0.25, -0.2) is 4.98 Å². The molecule has 1 aromatic carbocycles. The Morgan fingerprint density at radius 2 is 2.05 bits per heavy atom. The molecule has 100 valence electrons. The minimum atomic E-state index is -0.0227. The Balaban J connectivity index is 2.18. The summed E-state index contributed by atoms with van der Waals surface area (Å²) in [6.07, 6.45) is 1.73. The van der Waals surface area contributed by atoms with E-state index >= 15 is 0 Å². The minimum absolute atomic E-state index is 0.0227. The summed E-state index contributed by atoms with van der Waals surface area (Å²) in [5, 5.41) is 3.12. The van der Waals surface area contributed by atoms with Crippen LogP contribution in [-0.2, 0) is 6.54 Å². The van der Waals surface area contributed by atoms with Crippen molar-refractivity contribution in [3.63, 3.8) is 0 Å². The molecule has 0 spiro atoms. The molecule has 1 N–H and O–H groups in total. The maximum atomic E-state index is 5.97. The van der Waals surface area contributed by atoms with Gasteiger partial charge >= 0.3 is 0 Å². The highest BCUT2D eigenvalue weighted by molar-refractivity contribution is 9.10. The van der Waals surface area contributed by atoms with E-state index in [0.29, 0.717) is 5.88 Å². The molecule has 0 amide bonds. The van der Waals surface area contributed by atoms with Crippen molar-refractivity contribution >= 4 is 15.9 Å². The standard InChI is InChI=1S/C15H17BrN2O/c1-11(12-6-4-3-5-7-12)19-15-13(9-17-2)8-14(16)10-18-15/h3-8,10-11,17H,9H2,1-2H3. The van der Waals surface area contributed by atoms with Crippen LogP contribution in [0.15, 0.2) is 47.1 Å². The Morgan fingerprint density at radius 3 is 2.74 bits per heavy atom. The Bertz CT molecular complexity index is 531. The van der Waals surface area contributed by atoms with Crippen molar-refractivity contribution in [1.82, 2.24) is 10.3 Å². The van der Waals surface area contributed by atoms with E-state index in [1.165, 1.54) is 0 Å². The second-order valence-corrected chi connectivity index (χ2v) is 5.23. The van der Waals surface area contributed by atoms with E-state index < -0.39 is 0 Å². The number of benzene rings is 1. The van der Waals surface area contributed by atoms with Crippen LogP contribution in [0.3, 0.4) is 0 Å². The first-order valence-electron chi connectivity index (χ1n) is 6.21. The van der Waals surface area contributed by atoms with E-state index in [-0.39, 0.29) is 6.10 Å². The third-order valence-corrected chi connectivity index (χ3v) is 3.25. The third kappa shape index (κ3) is 3.78. The molecule has 0 radical (unpaired) electrons. The summed E-state index contributed by atoms with van der Waals surface area (Å²) < 4.78 is 6.92. The third-order valence-electron chi connectivity index (χ3n) is 2.82. The van der Waals surface area contributed by atoms with Crippen LogP contribution < -0.4 is 10.1 Å². The highest BCUT2D eigenvalue weighted by Crippen LogP contribution is 2.25. The number of nitrogens with one attached hydrogen (secondary N) is 1. The average molecular weight is 321 g/mol. The number of rotatable bonds is 5. The molecule has 2 rings (SSSR count). The fourth-order valence-electron chi connectivity index (χ4n) is 1.85. The van der Waals surface area contributed by atoms with Crippen LogP contribution in [0.2, 0.25) is 0 Å². The molecule has 0 saturated carbocycles. The summed E-state index contributed by atoms with van der Waals surface area (Å²) in [6.45, 7) is 2.76. The quantitative estimate of drug-likeness (QED) is 0.912. The van der Waals surface area contributed by atoms with Crippen LogP contribution in [-0.4, -0.2) is 12.0 Å². The minimum Gasteiger partial charge on any atom is -0.470 e. The van der Waals surface area contributed by atoms with Crippen molar-refractivity contribution in [2.75, 3.05) is 7.05 Å². The van der Waals surface area contributed by atoms with Crippen LogP contribution in [0, 0.1) is 0 Å². The van der Waals surface area contributed by atoms with Crippen LogP contribution in [0.1, 0.15) is 24.2 Å². The summed E-state index contributed by atoms with van der Waals surface area (Å²) in [5.74, 6) is 0.675. The summed E-state index contributed by atoms with van der Waals surface area (Å²) in [4.78, 5) is 4.35. The van der Waals surface area contributed by atoms with Gasteiger partial charge in [0.2, 0.25) is 5.88 Å². The number of nitrogens with zero attached hydrogens (tertiary/aromatic N) is 1. The van der Waals surface area contributed by atoms with Crippen molar-refractivity contribution in [1.29, 1.82) is 0 Å². The van der Waals surface area contributed by atoms with Gasteiger partial charge in [0, 0.05) is 22.8 Å². The zero-order valence-corrected chi connectivity index (χ0v) is 12.6. The fourth-order valence-corrected chi connectivity index (χ4v) is 2.23. The molecule has 3 nitrogen and oxygen atoms in total. The highest BCUT2D eigenvalue weighted by atomic mass is 79.9. The number of pyridine rings is 1. The van der Waals surface area contributed by atoms with Crippen molar-refractivity contribution in [2.24, 2.45) is 0 Å². The van der Waals surface area contributed by atoms with Gasteiger partial charge < -0.3 is 10.1 Å². The van der Waals surface area contributed by atoms with Gasteiger partial charge in [0.05, 0.1) is 0 Å². The smallest absolute Gasteiger partial charge is 0.218 e. The lowest BCUT2D eigenvalue weighted by atomic mass is 10.1. The molecule has 2 aromatic rings. The summed E-state index contributed by atoms with van der Waals surface area (Å²) in [6, 6.07) is 12.2. The Morgan fingerprint density at radius 1 is 1.32 bits per heavy atom.